The number of ketones is 1. The maximum atomic E-state index is 11.8. The van der Waals surface area contributed by atoms with E-state index in [0.29, 0.717) is 16.7 Å². The Hall–Kier alpha value is -1.84. The van der Waals surface area contributed by atoms with Crippen LogP contribution in [0.1, 0.15) is 34.0 Å². The molecule has 1 aromatic rings. The van der Waals surface area contributed by atoms with Crippen LogP contribution in [-0.4, -0.2) is 23.5 Å². The molecule has 0 aliphatic heterocycles. The molecule has 4 heteroatoms. The van der Waals surface area contributed by atoms with Crippen LogP contribution in [0.15, 0.2) is 6.07 Å². The summed E-state index contributed by atoms with van der Waals surface area (Å²) in [7, 11) is 0. The molecule has 0 heterocycles. The summed E-state index contributed by atoms with van der Waals surface area (Å²) in [6.45, 7) is 6.90. The molecule has 0 amide bonds. The summed E-state index contributed by atoms with van der Waals surface area (Å²) in [4.78, 5) is 23.2. The highest BCUT2D eigenvalue weighted by Gasteiger charge is 2.22. The second-order valence-electron chi connectivity index (χ2n) is 3.89. The third kappa shape index (κ3) is 2.46. The Morgan fingerprint density at radius 2 is 1.82 bits per heavy atom. The molecular weight excluding hydrogens is 220 g/mol. The molecule has 0 bridgehead atoms. The summed E-state index contributed by atoms with van der Waals surface area (Å²) in [6.07, 6.45) is 0. The van der Waals surface area contributed by atoms with Crippen molar-refractivity contribution in [1.29, 1.82) is 0 Å². The van der Waals surface area contributed by atoms with Gasteiger partial charge in [-0.15, -0.1) is 0 Å². The Morgan fingerprint density at radius 3 is 2.35 bits per heavy atom. The van der Waals surface area contributed by atoms with E-state index in [2.05, 4.69) is 4.74 Å². The first kappa shape index (κ1) is 13.2. The van der Waals surface area contributed by atoms with Gasteiger partial charge in [-0.1, -0.05) is 0 Å². The van der Waals surface area contributed by atoms with E-state index in [1.807, 2.05) is 0 Å². The molecule has 0 aliphatic rings. The van der Waals surface area contributed by atoms with Gasteiger partial charge >= 0.3 is 5.97 Å². The summed E-state index contributed by atoms with van der Waals surface area (Å²) in [5.74, 6) is -1.38. The molecule has 17 heavy (non-hydrogen) atoms. The van der Waals surface area contributed by atoms with Crippen molar-refractivity contribution in [2.45, 2.75) is 27.7 Å². The van der Waals surface area contributed by atoms with E-state index in [-0.39, 0.29) is 17.9 Å². The highest BCUT2D eigenvalue weighted by Crippen LogP contribution is 2.27. The van der Waals surface area contributed by atoms with Crippen LogP contribution in [0.5, 0.6) is 5.75 Å². The van der Waals surface area contributed by atoms with E-state index in [1.54, 1.807) is 27.7 Å². The highest BCUT2D eigenvalue weighted by molar-refractivity contribution is 6.41. The molecule has 1 N–H and O–H groups in total. The number of Topliss-reactive ketones (excluding diaryl/α,β-unsaturated/α-hetero) is 1. The topological polar surface area (TPSA) is 63.6 Å². The minimum absolute atomic E-state index is 0.155. The van der Waals surface area contributed by atoms with Gasteiger partial charge in [-0.2, -0.15) is 0 Å². The van der Waals surface area contributed by atoms with Gasteiger partial charge in [0.1, 0.15) is 5.75 Å². The standard InChI is InChI=1S/C13H16O4/c1-5-17-13(16)12(15)10-6-7(2)11(14)9(4)8(10)3/h6,14H,5H2,1-4H3. The summed E-state index contributed by atoms with van der Waals surface area (Å²) in [6, 6.07) is 1.51. The van der Waals surface area contributed by atoms with Crippen molar-refractivity contribution in [3.63, 3.8) is 0 Å². The molecule has 0 spiro atoms. The van der Waals surface area contributed by atoms with Gasteiger partial charge in [-0.25, -0.2) is 4.79 Å². The van der Waals surface area contributed by atoms with Crippen molar-refractivity contribution in [2.75, 3.05) is 6.61 Å². The zero-order valence-corrected chi connectivity index (χ0v) is 10.5. The summed E-state index contributed by atoms with van der Waals surface area (Å²) < 4.78 is 4.67. The molecule has 1 rings (SSSR count). The number of ether oxygens (including phenoxy) is 1. The molecule has 92 valence electrons. The second-order valence-corrected chi connectivity index (χ2v) is 3.89. The molecule has 0 aromatic heterocycles. The molecule has 0 radical (unpaired) electrons. The van der Waals surface area contributed by atoms with Crippen LogP contribution in [0, 0.1) is 20.8 Å². The number of phenols is 1. The minimum Gasteiger partial charge on any atom is -0.507 e. The molecular formula is C13H16O4. The van der Waals surface area contributed by atoms with Crippen LogP contribution < -0.4 is 0 Å². The van der Waals surface area contributed by atoms with Crippen molar-refractivity contribution in [3.8, 4) is 5.75 Å². The summed E-state index contributed by atoms with van der Waals surface area (Å²) >= 11 is 0. The third-order valence-corrected chi connectivity index (χ3v) is 2.76. The van der Waals surface area contributed by atoms with E-state index in [1.165, 1.54) is 6.07 Å². The fourth-order valence-corrected chi connectivity index (χ4v) is 1.61. The second kappa shape index (κ2) is 4.99. The van der Waals surface area contributed by atoms with Gasteiger partial charge in [-0.05, 0) is 50.5 Å². The van der Waals surface area contributed by atoms with Gasteiger partial charge in [0.25, 0.3) is 5.78 Å². The van der Waals surface area contributed by atoms with Crippen molar-refractivity contribution in [3.05, 3.63) is 28.3 Å². The van der Waals surface area contributed by atoms with Crippen LogP contribution in [0.25, 0.3) is 0 Å². The number of carbonyl (C=O) groups excluding carboxylic acids is 2. The van der Waals surface area contributed by atoms with Crippen LogP contribution in [-0.2, 0) is 9.53 Å². The van der Waals surface area contributed by atoms with E-state index < -0.39 is 11.8 Å². The first-order valence-electron chi connectivity index (χ1n) is 5.41. The van der Waals surface area contributed by atoms with E-state index in [9.17, 15) is 14.7 Å². The molecule has 0 aliphatic carbocycles. The Kier molecular flexibility index (Phi) is 3.89. The lowest BCUT2D eigenvalue weighted by Crippen LogP contribution is -2.19. The number of hydrogen-bond donors (Lipinski definition) is 1. The molecule has 4 nitrogen and oxygen atoms in total. The van der Waals surface area contributed by atoms with Crippen molar-refractivity contribution >= 4 is 11.8 Å². The van der Waals surface area contributed by atoms with Gasteiger partial charge in [0.05, 0.1) is 6.61 Å². The molecule has 0 saturated carbocycles. The number of phenolic OH excluding ortho intramolecular Hbond substituents is 1. The van der Waals surface area contributed by atoms with Gasteiger partial charge in [-0.3, -0.25) is 4.79 Å². The van der Waals surface area contributed by atoms with E-state index in [4.69, 9.17) is 0 Å². The summed E-state index contributed by atoms with van der Waals surface area (Å²) in [5.41, 5.74) is 2.07. The van der Waals surface area contributed by atoms with Crippen molar-refractivity contribution in [2.24, 2.45) is 0 Å². The van der Waals surface area contributed by atoms with E-state index >= 15 is 0 Å². The average Bonchev–Trinajstić information content (AvgIpc) is 2.30. The van der Waals surface area contributed by atoms with Gasteiger partial charge in [0.2, 0.25) is 0 Å². The lowest BCUT2D eigenvalue weighted by atomic mass is 9.96. The fraction of sp³-hybridized carbons (Fsp3) is 0.385. The number of hydrogen-bond acceptors (Lipinski definition) is 4. The first-order valence-corrected chi connectivity index (χ1v) is 5.41. The fourth-order valence-electron chi connectivity index (χ4n) is 1.61. The Morgan fingerprint density at radius 1 is 1.24 bits per heavy atom. The zero-order chi connectivity index (χ0) is 13.2. The quantitative estimate of drug-likeness (QED) is 0.495. The minimum atomic E-state index is -0.861. The number of esters is 1. The van der Waals surface area contributed by atoms with Gasteiger partial charge in [0, 0.05) is 5.56 Å². The van der Waals surface area contributed by atoms with Crippen LogP contribution in [0.3, 0.4) is 0 Å². The SMILES string of the molecule is CCOC(=O)C(=O)c1cc(C)c(O)c(C)c1C. The lowest BCUT2D eigenvalue weighted by molar-refractivity contribution is -0.137. The van der Waals surface area contributed by atoms with E-state index in [0.717, 1.165) is 0 Å². The Labute approximate surface area is 100 Å². The van der Waals surface area contributed by atoms with Crippen LogP contribution in [0.4, 0.5) is 0 Å². The number of carbonyl (C=O) groups is 2. The first-order chi connectivity index (χ1) is 7.90. The maximum Gasteiger partial charge on any atom is 0.379 e. The molecule has 0 atom stereocenters. The largest absolute Gasteiger partial charge is 0.507 e. The number of aryl methyl sites for hydroxylation is 1. The van der Waals surface area contributed by atoms with Crippen LogP contribution in [0.2, 0.25) is 0 Å². The normalized spacial score (nSPS) is 10.1. The monoisotopic (exact) mass is 236 g/mol. The maximum absolute atomic E-state index is 11.8. The van der Waals surface area contributed by atoms with Crippen molar-refractivity contribution in [1.82, 2.24) is 0 Å². The molecule has 0 unspecified atom stereocenters. The Bertz CT molecular complexity index is 475. The predicted octanol–water partition coefficient (Wildman–Crippen LogP) is 2.06. The van der Waals surface area contributed by atoms with Gasteiger partial charge in [0.15, 0.2) is 0 Å². The average molecular weight is 236 g/mol. The summed E-state index contributed by atoms with van der Waals surface area (Å²) in [5, 5.41) is 9.71. The number of rotatable bonds is 3. The Balaban J connectivity index is 3.24. The molecule has 1 aromatic carbocycles. The van der Waals surface area contributed by atoms with Gasteiger partial charge < -0.3 is 9.84 Å². The predicted molar refractivity (Wildman–Crippen MR) is 63.3 cm³/mol. The van der Waals surface area contributed by atoms with Crippen molar-refractivity contribution < 1.29 is 19.4 Å². The third-order valence-electron chi connectivity index (χ3n) is 2.76. The van der Waals surface area contributed by atoms with Crippen LogP contribution >= 0.6 is 0 Å². The molecule has 0 saturated heterocycles. The zero-order valence-electron chi connectivity index (χ0n) is 10.5. The number of benzene rings is 1. The highest BCUT2D eigenvalue weighted by atomic mass is 16.5. The lowest BCUT2D eigenvalue weighted by Gasteiger charge is -2.11. The molecule has 0 fully saturated rings. The smallest absolute Gasteiger partial charge is 0.379 e. The number of aromatic hydroxyl groups is 1.